The highest BCUT2D eigenvalue weighted by Gasteiger charge is 2.24. The number of rotatable bonds is 7. The van der Waals surface area contributed by atoms with E-state index in [1.54, 1.807) is 30.6 Å². The summed E-state index contributed by atoms with van der Waals surface area (Å²) in [5, 5.41) is 6.04. The number of nitrogens with zero attached hydrogens (tertiary/aromatic N) is 4. The molecule has 0 saturated carbocycles. The largest absolute Gasteiger partial charge is 0.377 e. The molecule has 0 atom stereocenters. The Morgan fingerprint density at radius 3 is 2.51 bits per heavy atom. The number of aromatic nitrogens is 2. The van der Waals surface area contributed by atoms with Gasteiger partial charge in [0.25, 0.3) is 0 Å². The minimum atomic E-state index is -0.326. The number of amides is 1. The van der Waals surface area contributed by atoms with Crippen LogP contribution in [0.3, 0.4) is 0 Å². The molecule has 4 aromatic rings. The van der Waals surface area contributed by atoms with Crippen LogP contribution in [0.5, 0.6) is 0 Å². The molecule has 0 aliphatic carbocycles. The zero-order valence-electron chi connectivity index (χ0n) is 19.4. The van der Waals surface area contributed by atoms with E-state index in [2.05, 4.69) is 32.6 Å². The smallest absolute Gasteiger partial charge is 0.238 e. The van der Waals surface area contributed by atoms with Gasteiger partial charge < -0.3 is 15.0 Å². The lowest BCUT2D eigenvalue weighted by molar-refractivity contribution is -0.117. The van der Waals surface area contributed by atoms with Crippen LogP contribution in [0.4, 0.5) is 15.9 Å². The lowest BCUT2D eigenvalue weighted by atomic mass is 10.1. The zero-order chi connectivity index (χ0) is 24.2. The molecule has 1 aliphatic rings. The van der Waals surface area contributed by atoms with Gasteiger partial charge in [-0.1, -0.05) is 30.3 Å². The molecule has 0 bridgehead atoms. The number of ether oxygens (including phenoxy) is 1. The quantitative estimate of drug-likeness (QED) is 0.413. The van der Waals surface area contributed by atoms with Crippen LogP contribution in [0.15, 0.2) is 60.0 Å². The van der Waals surface area contributed by atoms with Gasteiger partial charge in [0, 0.05) is 49.9 Å². The standard InChI is InChI=1S/C26H26FN5O2S/c1-34-16-22-29-25(24-21(17-35-26(24)30-22)18-5-3-2-4-6-18)32-13-11-31(12-14-32)15-23(33)28-20-9-7-19(27)8-10-20/h2-10,17H,11-16H2,1H3,(H,28,33). The van der Waals surface area contributed by atoms with Crippen molar-refractivity contribution in [3.8, 4) is 11.1 Å². The maximum absolute atomic E-state index is 13.1. The molecule has 1 aliphatic heterocycles. The van der Waals surface area contributed by atoms with Crippen LogP contribution in [0.1, 0.15) is 5.82 Å². The summed E-state index contributed by atoms with van der Waals surface area (Å²) in [6.45, 7) is 3.58. The molecule has 180 valence electrons. The number of methoxy groups -OCH3 is 1. The Kier molecular flexibility index (Phi) is 6.98. The van der Waals surface area contributed by atoms with E-state index in [4.69, 9.17) is 14.7 Å². The molecule has 9 heteroatoms. The third-order valence-corrected chi connectivity index (χ3v) is 6.86. The van der Waals surface area contributed by atoms with Crippen LogP contribution in [0, 0.1) is 5.82 Å². The van der Waals surface area contributed by atoms with Crippen LogP contribution in [0.25, 0.3) is 21.3 Å². The SMILES string of the molecule is COCc1nc(N2CCN(CC(=O)Nc3ccc(F)cc3)CC2)c2c(-c3ccccc3)csc2n1. The Morgan fingerprint density at radius 2 is 1.80 bits per heavy atom. The highest BCUT2D eigenvalue weighted by molar-refractivity contribution is 7.17. The molecule has 1 fully saturated rings. The van der Waals surface area contributed by atoms with Crippen LogP contribution in [0.2, 0.25) is 0 Å². The van der Waals surface area contributed by atoms with Gasteiger partial charge in [-0.15, -0.1) is 11.3 Å². The Bertz CT molecular complexity index is 1300. The third-order valence-electron chi connectivity index (χ3n) is 5.99. The van der Waals surface area contributed by atoms with Crippen LogP contribution in [-0.2, 0) is 16.1 Å². The molecule has 1 amide bonds. The molecule has 1 saturated heterocycles. The third kappa shape index (κ3) is 5.32. The van der Waals surface area contributed by atoms with Crippen molar-refractivity contribution in [1.82, 2.24) is 14.9 Å². The summed E-state index contributed by atoms with van der Waals surface area (Å²) in [4.78, 5) is 27.4. The molecule has 2 aromatic heterocycles. The summed E-state index contributed by atoms with van der Waals surface area (Å²) in [6.07, 6.45) is 0. The number of thiophene rings is 1. The summed E-state index contributed by atoms with van der Waals surface area (Å²) in [5.74, 6) is 1.14. The summed E-state index contributed by atoms with van der Waals surface area (Å²) in [6, 6.07) is 16.1. The first kappa shape index (κ1) is 23.3. The number of hydrogen-bond acceptors (Lipinski definition) is 7. The topological polar surface area (TPSA) is 70.6 Å². The van der Waals surface area contributed by atoms with E-state index >= 15 is 0 Å². The molecule has 2 aromatic carbocycles. The fourth-order valence-electron chi connectivity index (χ4n) is 4.27. The molecule has 7 nitrogen and oxygen atoms in total. The second-order valence-corrected chi connectivity index (χ2v) is 9.27. The van der Waals surface area contributed by atoms with Gasteiger partial charge >= 0.3 is 0 Å². The minimum Gasteiger partial charge on any atom is -0.377 e. The van der Waals surface area contributed by atoms with E-state index in [9.17, 15) is 9.18 Å². The van der Waals surface area contributed by atoms with Crippen molar-refractivity contribution in [3.63, 3.8) is 0 Å². The predicted molar refractivity (Wildman–Crippen MR) is 137 cm³/mol. The van der Waals surface area contributed by atoms with Gasteiger partial charge in [0.05, 0.1) is 11.9 Å². The lowest BCUT2D eigenvalue weighted by Gasteiger charge is -2.35. The highest BCUT2D eigenvalue weighted by atomic mass is 32.1. The monoisotopic (exact) mass is 491 g/mol. The molecule has 1 N–H and O–H groups in total. The average Bonchev–Trinajstić information content (AvgIpc) is 3.30. The molecule has 0 unspecified atom stereocenters. The first-order valence-corrected chi connectivity index (χ1v) is 12.3. The number of carbonyl (C=O) groups excluding carboxylic acids is 1. The van der Waals surface area contributed by atoms with Crippen LogP contribution in [-0.4, -0.2) is 60.6 Å². The van der Waals surface area contributed by atoms with Gasteiger partial charge in [-0.3, -0.25) is 9.69 Å². The maximum Gasteiger partial charge on any atom is 0.238 e. The van der Waals surface area contributed by atoms with Gasteiger partial charge in [-0.2, -0.15) is 0 Å². The molecule has 3 heterocycles. The number of hydrogen-bond donors (Lipinski definition) is 1. The lowest BCUT2D eigenvalue weighted by Crippen LogP contribution is -2.49. The first-order chi connectivity index (χ1) is 17.1. The summed E-state index contributed by atoms with van der Waals surface area (Å²) >= 11 is 1.62. The number of piperazine rings is 1. The van der Waals surface area contributed by atoms with E-state index < -0.39 is 0 Å². The van der Waals surface area contributed by atoms with Crippen LogP contribution < -0.4 is 10.2 Å². The van der Waals surface area contributed by atoms with Crippen molar-refractivity contribution in [3.05, 3.63) is 71.6 Å². The second-order valence-electron chi connectivity index (χ2n) is 8.41. The van der Waals surface area contributed by atoms with Gasteiger partial charge in [0.1, 0.15) is 23.1 Å². The van der Waals surface area contributed by atoms with Gasteiger partial charge in [-0.05, 0) is 29.8 Å². The number of nitrogens with one attached hydrogen (secondary N) is 1. The Balaban J connectivity index is 1.33. The van der Waals surface area contributed by atoms with E-state index in [1.807, 2.05) is 18.2 Å². The van der Waals surface area contributed by atoms with Crippen LogP contribution >= 0.6 is 11.3 Å². The Labute approximate surface area is 207 Å². The number of carbonyl (C=O) groups is 1. The Morgan fingerprint density at radius 1 is 1.06 bits per heavy atom. The van der Waals surface area contributed by atoms with Crippen molar-refractivity contribution in [2.24, 2.45) is 0 Å². The Hall–Kier alpha value is -3.40. The summed E-state index contributed by atoms with van der Waals surface area (Å²) in [5.41, 5.74) is 2.86. The van der Waals surface area contributed by atoms with Gasteiger partial charge in [0.2, 0.25) is 5.91 Å². The molecular weight excluding hydrogens is 465 g/mol. The average molecular weight is 492 g/mol. The van der Waals surface area contributed by atoms with E-state index in [1.165, 1.54) is 12.1 Å². The second kappa shape index (κ2) is 10.5. The normalized spacial score (nSPS) is 14.4. The van der Waals surface area contributed by atoms with Crippen molar-refractivity contribution in [1.29, 1.82) is 0 Å². The van der Waals surface area contributed by atoms with Crippen molar-refractivity contribution in [2.45, 2.75) is 6.61 Å². The number of anilines is 2. The molecule has 0 radical (unpaired) electrons. The highest BCUT2D eigenvalue weighted by Crippen LogP contribution is 2.38. The summed E-state index contributed by atoms with van der Waals surface area (Å²) < 4.78 is 18.4. The first-order valence-electron chi connectivity index (χ1n) is 11.5. The molecular formula is C26H26FN5O2S. The van der Waals surface area contributed by atoms with Crippen molar-refractivity contribution < 1.29 is 13.9 Å². The minimum absolute atomic E-state index is 0.110. The fraction of sp³-hybridized carbons (Fsp3) is 0.269. The van der Waals surface area contributed by atoms with Gasteiger partial charge in [-0.25, -0.2) is 14.4 Å². The van der Waals surface area contributed by atoms with E-state index in [-0.39, 0.29) is 18.3 Å². The van der Waals surface area contributed by atoms with E-state index in [0.29, 0.717) is 18.1 Å². The fourth-order valence-corrected chi connectivity index (χ4v) is 5.23. The maximum atomic E-state index is 13.1. The zero-order valence-corrected chi connectivity index (χ0v) is 20.2. The summed E-state index contributed by atoms with van der Waals surface area (Å²) in [7, 11) is 1.65. The number of halogens is 1. The molecule has 0 spiro atoms. The van der Waals surface area contributed by atoms with Gasteiger partial charge in [0.15, 0.2) is 5.82 Å². The number of fused-ring (bicyclic) bond motifs is 1. The van der Waals surface area contributed by atoms with Crippen molar-refractivity contribution >= 4 is 39.0 Å². The molecule has 35 heavy (non-hydrogen) atoms. The predicted octanol–water partition coefficient (Wildman–Crippen LogP) is 4.40. The number of benzene rings is 2. The van der Waals surface area contributed by atoms with Crippen molar-refractivity contribution in [2.75, 3.05) is 50.1 Å². The molecule has 5 rings (SSSR count). The van der Waals surface area contributed by atoms with E-state index in [0.717, 1.165) is 53.3 Å².